The SMILES string of the molecule is CCN(CC)CCNC1(C(N)=O)CC(C)CC(C)C1. The summed E-state index contributed by atoms with van der Waals surface area (Å²) < 4.78 is 0. The molecule has 2 unspecified atom stereocenters. The van der Waals surface area contributed by atoms with Gasteiger partial charge in [0.2, 0.25) is 5.91 Å². The molecule has 1 aliphatic rings. The van der Waals surface area contributed by atoms with E-state index in [-0.39, 0.29) is 5.91 Å². The normalized spacial score (nSPS) is 31.6. The molecule has 19 heavy (non-hydrogen) atoms. The van der Waals surface area contributed by atoms with Crippen LogP contribution in [0.2, 0.25) is 0 Å². The number of primary amides is 1. The van der Waals surface area contributed by atoms with Gasteiger partial charge in [-0.25, -0.2) is 0 Å². The van der Waals surface area contributed by atoms with Crippen LogP contribution in [0.5, 0.6) is 0 Å². The molecule has 0 aliphatic heterocycles. The molecule has 0 spiro atoms. The monoisotopic (exact) mass is 269 g/mol. The average molecular weight is 269 g/mol. The topological polar surface area (TPSA) is 58.4 Å². The number of hydrogen-bond donors (Lipinski definition) is 2. The summed E-state index contributed by atoms with van der Waals surface area (Å²) in [5.41, 5.74) is 5.21. The number of carbonyl (C=O) groups is 1. The van der Waals surface area contributed by atoms with Gasteiger partial charge >= 0.3 is 0 Å². The van der Waals surface area contributed by atoms with Gasteiger partial charge in [0.1, 0.15) is 0 Å². The van der Waals surface area contributed by atoms with Gasteiger partial charge in [0.25, 0.3) is 0 Å². The standard InChI is InChI=1S/C15H31N3O/c1-5-18(6-2)8-7-17-15(14(16)19)10-12(3)9-13(4)11-15/h12-13,17H,5-11H2,1-4H3,(H2,16,19). The molecule has 1 rings (SSSR count). The molecule has 0 saturated heterocycles. The maximum atomic E-state index is 11.9. The smallest absolute Gasteiger partial charge is 0.237 e. The van der Waals surface area contributed by atoms with E-state index < -0.39 is 5.54 Å². The number of rotatable bonds is 7. The third-order valence-corrected chi connectivity index (χ3v) is 4.46. The predicted molar refractivity (Wildman–Crippen MR) is 79.9 cm³/mol. The second-order valence-corrected chi connectivity index (χ2v) is 6.25. The molecule has 0 heterocycles. The third kappa shape index (κ3) is 4.46. The van der Waals surface area contributed by atoms with E-state index in [1.807, 2.05) is 0 Å². The highest BCUT2D eigenvalue weighted by molar-refractivity contribution is 5.84. The molecule has 0 aromatic rings. The molecular formula is C15H31N3O. The molecule has 1 fully saturated rings. The number of nitrogens with one attached hydrogen (secondary N) is 1. The Kier molecular flexibility index (Phi) is 6.27. The maximum Gasteiger partial charge on any atom is 0.237 e. The van der Waals surface area contributed by atoms with E-state index in [4.69, 9.17) is 5.73 Å². The zero-order valence-electron chi connectivity index (χ0n) is 13.0. The van der Waals surface area contributed by atoms with Crippen LogP contribution in [0.3, 0.4) is 0 Å². The van der Waals surface area contributed by atoms with Gasteiger partial charge in [-0.1, -0.05) is 27.7 Å². The van der Waals surface area contributed by atoms with Crippen LogP contribution in [0, 0.1) is 11.8 Å². The first-order valence-electron chi connectivity index (χ1n) is 7.70. The lowest BCUT2D eigenvalue weighted by molar-refractivity contribution is -0.127. The second kappa shape index (κ2) is 7.25. The van der Waals surface area contributed by atoms with E-state index in [1.165, 1.54) is 6.42 Å². The molecular weight excluding hydrogens is 238 g/mol. The zero-order chi connectivity index (χ0) is 14.5. The van der Waals surface area contributed by atoms with Gasteiger partial charge in [-0.2, -0.15) is 0 Å². The lowest BCUT2D eigenvalue weighted by Gasteiger charge is -2.41. The van der Waals surface area contributed by atoms with Gasteiger partial charge in [-0.05, 0) is 44.2 Å². The van der Waals surface area contributed by atoms with Crippen molar-refractivity contribution < 1.29 is 4.79 Å². The van der Waals surface area contributed by atoms with Crippen molar-refractivity contribution >= 4 is 5.91 Å². The Morgan fingerprint density at radius 2 is 1.79 bits per heavy atom. The highest BCUT2D eigenvalue weighted by Gasteiger charge is 2.42. The molecule has 112 valence electrons. The van der Waals surface area contributed by atoms with Crippen LogP contribution >= 0.6 is 0 Å². The summed E-state index contributed by atoms with van der Waals surface area (Å²) in [5.74, 6) is 0.958. The van der Waals surface area contributed by atoms with Crippen LogP contribution in [0.1, 0.15) is 47.0 Å². The molecule has 0 aromatic heterocycles. The summed E-state index contributed by atoms with van der Waals surface area (Å²) in [4.78, 5) is 14.3. The zero-order valence-corrected chi connectivity index (χ0v) is 13.0. The van der Waals surface area contributed by atoms with E-state index in [0.29, 0.717) is 11.8 Å². The largest absolute Gasteiger partial charge is 0.368 e. The molecule has 1 saturated carbocycles. The molecule has 0 bridgehead atoms. The summed E-state index contributed by atoms with van der Waals surface area (Å²) >= 11 is 0. The van der Waals surface area contributed by atoms with Gasteiger partial charge in [0, 0.05) is 13.1 Å². The van der Waals surface area contributed by atoms with Crippen LogP contribution < -0.4 is 11.1 Å². The van der Waals surface area contributed by atoms with E-state index in [2.05, 4.69) is 37.9 Å². The molecule has 1 aliphatic carbocycles. The molecule has 1 amide bonds. The number of nitrogens with two attached hydrogens (primary N) is 1. The second-order valence-electron chi connectivity index (χ2n) is 6.25. The van der Waals surface area contributed by atoms with Gasteiger partial charge < -0.3 is 16.0 Å². The maximum absolute atomic E-state index is 11.9. The first-order chi connectivity index (χ1) is 8.93. The van der Waals surface area contributed by atoms with Crippen molar-refractivity contribution in [2.24, 2.45) is 17.6 Å². The van der Waals surface area contributed by atoms with Gasteiger partial charge in [0.15, 0.2) is 0 Å². The fourth-order valence-electron chi connectivity index (χ4n) is 3.55. The quantitative estimate of drug-likeness (QED) is 0.738. The molecule has 4 heteroatoms. The van der Waals surface area contributed by atoms with Crippen LogP contribution in [0.4, 0.5) is 0 Å². The average Bonchev–Trinajstić information content (AvgIpc) is 2.33. The van der Waals surface area contributed by atoms with Crippen molar-refractivity contribution in [1.82, 2.24) is 10.2 Å². The highest BCUT2D eigenvalue weighted by Crippen LogP contribution is 2.35. The third-order valence-electron chi connectivity index (χ3n) is 4.46. The van der Waals surface area contributed by atoms with E-state index in [9.17, 15) is 4.79 Å². The fourth-order valence-corrected chi connectivity index (χ4v) is 3.55. The van der Waals surface area contributed by atoms with Crippen molar-refractivity contribution in [3.05, 3.63) is 0 Å². The lowest BCUT2D eigenvalue weighted by atomic mass is 9.71. The molecule has 2 atom stereocenters. The van der Waals surface area contributed by atoms with Crippen LogP contribution in [0.15, 0.2) is 0 Å². The summed E-state index contributed by atoms with van der Waals surface area (Å²) in [7, 11) is 0. The predicted octanol–water partition coefficient (Wildman–Crippen LogP) is 1.60. The Morgan fingerprint density at radius 1 is 1.26 bits per heavy atom. The number of nitrogens with zero attached hydrogens (tertiary/aromatic N) is 1. The highest BCUT2D eigenvalue weighted by atomic mass is 16.1. The van der Waals surface area contributed by atoms with E-state index in [0.717, 1.165) is 39.0 Å². The number of carbonyl (C=O) groups excluding carboxylic acids is 1. The van der Waals surface area contributed by atoms with Crippen molar-refractivity contribution in [1.29, 1.82) is 0 Å². The Morgan fingerprint density at radius 3 is 2.21 bits per heavy atom. The Labute approximate surface area is 118 Å². The fraction of sp³-hybridized carbons (Fsp3) is 0.933. The first-order valence-corrected chi connectivity index (χ1v) is 7.70. The molecule has 4 nitrogen and oxygen atoms in total. The van der Waals surface area contributed by atoms with Gasteiger partial charge in [0.05, 0.1) is 5.54 Å². The summed E-state index contributed by atoms with van der Waals surface area (Å²) in [5, 5.41) is 3.48. The van der Waals surface area contributed by atoms with Crippen molar-refractivity contribution in [2.75, 3.05) is 26.2 Å². The van der Waals surface area contributed by atoms with Gasteiger partial charge in [-0.3, -0.25) is 4.79 Å². The summed E-state index contributed by atoms with van der Waals surface area (Å²) in [6.45, 7) is 12.7. The molecule has 3 N–H and O–H groups in total. The lowest BCUT2D eigenvalue weighted by Crippen LogP contribution is -2.60. The Bertz CT molecular complexity index is 279. The Balaban J connectivity index is 2.59. The first kappa shape index (κ1) is 16.4. The van der Waals surface area contributed by atoms with Crippen LogP contribution in [-0.2, 0) is 4.79 Å². The number of likely N-dealkylation sites (N-methyl/N-ethyl adjacent to an activating group) is 1. The minimum atomic E-state index is -0.482. The van der Waals surface area contributed by atoms with Gasteiger partial charge in [-0.15, -0.1) is 0 Å². The molecule has 0 radical (unpaired) electrons. The minimum absolute atomic E-state index is 0.176. The number of hydrogen-bond acceptors (Lipinski definition) is 3. The van der Waals surface area contributed by atoms with E-state index in [1.54, 1.807) is 0 Å². The van der Waals surface area contributed by atoms with Crippen molar-refractivity contribution in [3.8, 4) is 0 Å². The minimum Gasteiger partial charge on any atom is -0.368 e. The van der Waals surface area contributed by atoms with Crippen LogP contribution in [-0.4, -0.2) is 42.5 Å². The van der Waals surface area contributed by atoms with Crippen molar-refractivity contribution in [2.45, 2.75) is 52.5 Å². The number of amides is 1. The Hall–Kier alpha value is -0.610. The van der Waals surface area contributed by atoms with E-state index >= 15 is 0 Å². The summed E-state index contributed by atoms with van der Waals surface area (Å²) in [6, 6.07) is 0. The summed E-state index contributed by atoms with van der Waals surface area (Å²) in [6.07, 6.45) is 2.96. The molecule has 0 aromatic carbocycles. The van der Waals surface area contributed by atoms with Crippen molar-refractivity contribution in [3.63, 3.8) is 0 Å². The van der Waals surface area contributed by atoms with Crippen LogP contribution in [0.25, 0.3) is 0 Å².